The third-order valence-corrected chi connectivity index (χ3v) is 3.20. The molecule has 4 nitrogen and oxygen atoms in total. The Labute approximate surface area is 120 Å². The highest BCUT2D eigenvalue weighted by molar-refractivity contribution is 5.35. The van der Waals surface area contributed by atoms with Gasteiger partial charge < -0.3 is 10.1 Å². The summed E-state index contributed by atoms with van der Waals surface area (Å²) in [6.07, 6.45) is 6.23. The number of methoxy groups -OCH3 is 1. The van der Waals surface area contributed by atoms with Gasteiger partial charge in [0, 0.05) is 19.9 Å². The monoisotopic (exact) mass is 273 g/mol. The molecule has 0 amide bonds. The third-order valence-electron chi connectivity index (χ3n) is 3.20. The Hall–Kier alpha value is -1.65. The first-order valence-electron chi connectivity index (χ1n) is 7.10. The van der Waals surface area contributed by atoms with Crippen molar-refractivity contribution in [3.63, 3.8) is 0 Å². The molecule has 0 unspecified atom stereocenters. The standard InChI is InChI=1S/C16H23N3O/c1-14-5-3-7-16(11-14)19-13-15(12-18-19)6-4-8-17-9-10-20-2/h3,5,7,11-13,17H,4,6,8-10H2,1-2H3. The average Bonchev–Trinajstić information content (AvgIpc) is 2.91. The summed E-state index contributed by atoms with van der Waals surface area (Å²) in [6, 6.07) is 8.38. The Morgan fingerprint density at radius 1 is 1.30 bits per heavy atom. The second-order valence-corrected chi connectivity index (χ2v) is 4.98. The van der Waals surface area contributed by atoms with E-state index in [1.54, 1.807) is 7.11 Å². The summed E-state index contributed by atoms with van der Waals surface area (Å²) in [7, 11) is 1.72. The lowest BCUT2D eigenvalue weighted by Gasteiger charge is -2.03. The summed E-state index contributed by atoms with van der Waals surface area (Å²) in [5.41, 5.74) is 3.65. The van der Waals surface area contributed by atoms with Crippen molar-refractivity contribution in [1.82, 2.24) is 15.1 Å². The van der Waals surface area contributed by atoms with Gasteiger partial charge in [-0.2, -0.15) is 5.10 Å². The maximum atomic E-state index is 4.99. The van der Waals surface area contributed by atoms with Crippen molar-refractivity contribution >= 4 is 0 Å². The summed E-state index contributed by atoms with van der Waals surface area (Å²) in [5.74, 6) is 0. The van der Waals surface area contributed by atoms with E-state index in [9.17, 15) is 0 Å². The second kappa shape index (κ2) is 7.82. The molecule has 4 heteroatoms. The molecular formula is C16H23N3O. The summed E-state index contributed by atoms with van der Waals surface area (Å²) >= 11 is 0. The maximum Gasteiger partial charge on any atom is 0.0648 e. The van der Waals surface area contributed by atoms with Crippen LogP contribution in [0.25, 0.3) is 5.69 Å². The van der Waals surface area contributed by atoms with Gasteiger partial charge in [-0.1, -0.05) is 12.1 Å². The zero-order chi connectivity index (χ0) is 14.2. The zero-order valence-electron chi connectivity index (χ0n) is 12.3. The van der Waals surface area contributed by atoms with Gasteiger partial charge in [-0.3, -0.25) is 0 Å². The number of nitrogens with one attached hydrogen (secondary N) is 1. The van der Waals surface area contributed by atoms with E-state index in [-0.39, 0.29) is 0 Å². The molecule has 0 saturated heterocycles. The molecular weight excluding hydrogens is 250 g/mol. The van der Waals surface area contributed by atoms with Crippen LogP contribution in [0.3, 0.4) is 0 Å². The highest BCUT2D eigenvalue weighted by atomic mass is 16.5. The van der Waals surface area contributed by atoms with E-state index in [0.717, 1.165) is 38.2 Å². The van der Waals surface area contributed by atoms with Crippen molar-refractivity contribution in [3.05, 3.63) is 47.8 Å². The number of hydrogen-bond donors (Lipinski definition) is 1. The maximum absolute atomic E-state index is 4.99. The molecule has 0 atom stereocenters. The summed E-state index contributed by atoms with van der Waals surface area (Å²) < 4.78 is 6.94. The fourth-order valence-electron chi connectivity index (χ4n) is 2.12. The van der Waals surface area contributed by atoms with Crippen LogP contribution in [0.2, 0.25) is 0 Å². The van der Waals surface area contributed by atoms with Crippen LogP contribution in [0, 0.1) is 6.92 Å². The van der Waals surface area contributed by atoms with Crippen LogP contribution in [0.1, 0.15) is 17.5 Å². The number of nitrogens with zero attached hydrogens (tertiary/aromatic N) is 2. The molecule has 2 rings (SSSR count). The number of aryl methyl sites for hydroxylation is 2. The van der Waals surface area contributed by atoms with E-state index in [4.69, 9.17) is 4.74 Å². The third kappa shape index (κ3) is 4.47. The molecule has 1 aromatic heterocycles. The molecule has 0 saturated carbocycles. The van der Waals surface area contributed by atoms with Gasteiger partial charge in [0.25, 0.3) is 0 Å². The molecule has 1 aromatic carbocycles. The minimum Gasteiger partial charge on any atom is -0.383 e. The molecule has 0 aliphatic rings. The van der Waals surface area contributed by atoms with Gasteiger partial charge in [-0.05, 0) is 49.6 Å². The molecule has 0 spiro atoms. The van der Waals surface area contributed by atoms with Crippen LogP contribution in [0.15, 0.2) is 36.7 Å². The van der Waals surface area contributed by atoms with Crippen molar-refractivity contribution in [1.29, 1.82) is 0 Å². The number of benzene rings is 1. The van der Waals surface area contributed by atoms with Crippen molar-refractivity contribution in [2.75, 3.05) is 26.8 Å². The Kier molecular flexibility index (Phi) is 5.77. The Balaban J connectivity index is 1.80. The number of hydrogen-bond acceptors (Lipinski definition) is 3. The fourth-order valence-corrected chi connectivity index (χ4v) is 2.12. The largest absolute Gasteiger partial charge is 0.383 e. The van der Waals surface area contributed by atoms with E-state index in [1.807, 2.05) is 10.9 Å². The Morgan fingerprint density at radius 2 is 2.20 bits per heavy atom. The normalized spacial score (nSPS) is 10.9. The van der Waals surface area contributed by atoms with Crippen molar-refractivity contribution in [2.45, 2.75) is 19.8 Å². The van der Waals surface area contributed by atoms with Crippen LogP contribution in [-0.2, 0) is 11.2 Å². The van der Waals surface area contributed by atoms with Gasteiger partial charge in [0.2, 0.25) is 0 Å². The Bertz CT molecular complexity index is 522. The molecule has 0 fully saturated rings. The molecule has 0 aliphatic heterocycles. The molecule has 0 aliphatic carbocycles. The lowest BCUT2D eigenvalue weighted by molar-refractivity contribution is 0.199. The minimum atomic E-state index is 0.769. The van der Waals surface area contributed by atoms with Crippen LogP contribution < -0.4 is 5.32 Å². The van der Waals surface area contributed by atoms with E-state index in [2.05, 4.69) is 47.8 Å². The average molecular weight is 273 g/mol. The smallest absolute Gasteiger partial charge is 0.0648 e. The summed E-state index contributed by atoms with van der Waals surface area (Å²) in [4.78, 5) is 0. The lowest BCUT2D eigenvalue weighted by Crippen LogP contribution is -2.20. The van der Waals surface area contributed by atoms with Gasteiger partial charge in [-0.25, -0.2) is 4.68 Å². The number of ether oxygens (including phenoxy) is 1. The van der Waals surface area contributed by atoms with E-state index in [1.165, 1.54) is 11.1 Å². The Morgan fingerprint density at radius 3 is 3.00 bits per heavy atom. The van der Waals surface area contributed by atoms with E-state index >= 15 is 0 Å². The summed E-state index contributed by atoms with van der Waals surface area (Å²) in [5, 5.41) is 7.78. The summed E-state index contributed by atoms with van der Waals surface area (Å²) in [6.45, 7) is 4.79. The van der Waals surface area contributed by atoms with E-state index < -0.39 is 0 Å². The second-order valence-electron chi connectivity index (χ2n) is 4.98. The zero-order valence-corrected chi connectivity index (χ0v) is 12.3. The van der Waals surface area contributed by atoms with Gasteiger partial charge in [0.05, 0.1) is 18.5 Å². The van der Waals surface area contributed by atoms with E-state index in [0.29, 0.717) is 0 Å². The highest BCUT2D eigenvalue weighted by Gasteiger charge is 2.01. The number of aromatic nitrogens is 2. The highest BCUT2D eigenvalue weighted by Crippen LogP contribution is 2.11. The molecule has 0 radical (unpaired) electrons. The minimum absolute atomic E-state index is 0.769. The first-order chi connectivity index (χ1) is 9.79. The van der Waals surface area contributed by atoms with Crippen LogP contribution >= 0.6 is 0 Å². The predicted molar refractivity (Wildman–Crippen MR) is 81.4 cm³/mol. The molecule has 0 bridgehead atoms. The first-order valence-corrected chi connectivity index (χ1v) is 7.10. The van der Waals surface area contributed by atoms with Gasteiger partial charge >= 0.3 is 0 Å². The molecule has 108 valence electrons. The van der Waals surface area contributed by atoms with Gasteiger partial charge in [0.1, 0.15) is 0 Å². The fraction of sp³-hybridized carbons (Fsp3) is 0.438. The molecule has 20 heavy (non-hydrogen) atoms. The van der Waals surface area contributed by atoms with Crippen LogP contribution in [0.5, 0.6) is 0 Å². The molecule has 1 heterocycles. The van der Waals surface area contributed by atoms with Crippen molar-refractivity contribution in [3.8, 4) is 5.69 Å². The van der Waals surface area contributed by atoms with Crippen molar-refractivity contribution in [2.24, 2.45) is 0 Å². The van der Waals surface area contributed by atoms with Crippen molar-refractivity contribution < 1.29 is 4.74 Å². The lowest BCUT2D eigenvalue weighted by atomic mass is 10.2. The predicted octanol–water partition coefficient (Wildman–Crippen LogP) is 2.35. The first kappa shape index (κ1) is 14.8. The SMILES string of the molecule is COCCNCCCc1cnn(-c2cccc(C)c2)c1. The van der Waals surface area contributed by atoms with Crippen LogP contribution in [-0.4, -0.2) is 36.6 Å². The topological polar surface area (TPSA) is 39.1 Å². The van der Waals surface area contributed by atoms with Gasteiger partial charge in [0.15, 0.2) is 0 Å². The van der Waals surface area contributed by atoms with Gasteiger partial charge in [-0.15, -0.1) is 0 Å². The quantitative estimate of drug-likeness (QED) is 0.750. The molecule has 1 N–H and O–H groups in total. The number of rotatable bonds is 8. The van der Waals surface area contributed by atoms with Crippen LogP contribution in [0.4, 0.5) is 0 Å². The molecule has 2 aromatic rings.